The molecular weight excluding hydrogens is 220 g/mol. The van der Waals surface area contributed by atoms with Crippen LogP contribution in [0.5, 0.6) is 0 Å². The van der Waals surface area contributed by atoms with Crippen molar-refractivity contribution in [3.63, 3.8) is 0 Å². The lowest BCUT2D eigenvalue weighted by molar-refractivity contribution is -0.178. The molecule has 0 aliphatic heterocycles. The van der Waals surface area contributed by atoms with Crippen LogP contribution in [-0.4, -0.2) is 22.6 Å². The van der Waals surface area contributed by atoms with Gasteiger partial charge in [-0.05, 0) is 38.5 Å². The maximum Gasteiger partial charge on any atom is 0.320 e. The Morgan fingerprint density at radius 2 is 1.65 bits per heavy atom. The monoisotopic (exact) mass is 242 g/mol. The molecule has 98 valence electrons. The molecule has 0 spiro atoms. The molecule has 1 aliphatic carbocycles. The third-order valence-electron chi connectivity index (χ3n) is 3.78. The summed E-state index contributed by atoms with van der Waals surface area (Å²) >= 11 is 0. The van der Waals surface area contributed by atoms with Gasteiger partial charge in [-0.15, -0.1) is 0 Å². The van der Waals surface area contributed by atoms with Crippen LogP contribution in [0.25, 0.3) is 0 Å². The van der Waals surface area contributed by atoms with Gasteiger partial charge >= 0.3 is 11.9 Å². The first-order chi connectivity index (χ1) is 7.89. The summed E-state index contributed by atoms with van der Waals surface area (Å²) < 4.78 is 5.54. The second kappa shape index (κ2) is 5.52. The van der Waals surface area contributed by atoms with Crippen LogP contribution in [0.2, 0.25) is 0 Å². The minimum absolute atomic E-state index is 0.229. The third-order valence-corrected chi connectivity index (χ3v) is 3.78. The SMILES string of the molecule is CC(C(=O)O)C(=O)OC1(C(C)C)CCCCC1. The fourth-order valence-corrected chi connectivity index (χ4v) is 2.34. The maximum atomic E-state index is 11.8. The molecular formula is C13H22O4. The first kappa shape index (κ1) is 14.0. The summed E-state index contributed by atoms with van der Waals surface area (Å²) in [5.74, 6) is -2.57. The van der Waals surface area contributed by atoms with Crippen molar-refractivity contribution >= 4 is 11.9 Å². The Hall–Kier alpha value is -1.06. The number of esters is 1. The predicted octanol–water partition coefficient (Wildman–Crippen LogP) is 2.61. The number of carboxylic acids is 1. The van der Waals surface area contributed by atoms with Gasteiger partial charge in [0.05, 0.1) is 0 Å². The summed E-state index contributed by atoms with van der Waals surface area (Å²) in [5, 5.41) is 8.80. The quantitative estimate of drug-likeness (QED) is 0.608. The average Bonchev–Trinajstić information content (AvgIpc) is 2.28. The number of carbonyl (C=O) groups excluding carboxylic acids is 1. The summed E-state index contributed by atoms with van der Waals surface area (Å²) in [6, 6.07) is 0. The second-order valence-corrected chi connectivity index (χ2v) is 5.26. The van der Waals surface area contributed by atoms with Crippen LogP contribution in [0.4, 0.5) is 0 Å². The molecule has 0 saturated heterocycles. The Balaban J connectivity index is 2.73. The van der Waals surface area contributed by atoms with Gasteiger partial charge in [0.2, 0.25) is 0 Å². The molecule has 0 aromatic carbocycles. The standard InChI is InChI=1S/C13H22O4/c1-9(2)13(7-5-4-6-8-13)17-12(16)10(3)11(14)15/h9-10H,4-8H2,1-3H3,(H,14,15). The number of hydrogen-bond acceptors (Lipinski definition) is 3. The molecule has 0 amide bonds. The molecule has 1 aliphatic rings. The molecule has 0 aromatic heterocycles. The van der Waals surface area contributed by atoms with Crippen LogP contribution in [0.15, 0.2) is 0 Å². The lowest BCUT2D eigenvalue weighted by Crippen LogP contribution is -2.44. The number of aliphatic carboxylic acids is 1. The summed E-state index contributed by atoms with van der Waals surface area (Å²) in [6.45, 7) is 5.44. The van der Waals surface area contributed by atoms with Crippen molar-refractivity contribution < 1.29 is 19.4 Å². The highest BCUT2D eigenvalue weighted by atomic mass is 16.6. The number of rotatable bonds is 4. The van der Waals surface area contributed by atoms with Crippen molar-refractivity contribution in [2.45, 2.75) is 58.5 Å². The van der Waals surface area contributed by atoms with E-state index >= 15 is 0 Å². The topological polar surface area (TPSA) is 63.6 Å². The van der Waals surface area contributed by atoms with E-state index in [4.69, 9.17) is 9.84 Å². The Labute approximate surface area is 102 Å². The highest BCUT2D eigenvalue weighted by Crippen LogP contribution is 2.38. The van der Waals surface area contributed by atoms with Crippen molar-refractivity contribution in [1.82, 2.24) is 0 Å². The Kier molecular flexibility index (Phi) is 4.54. The van der Waals surface area contributed by atoms with Crippen LogP contribution in [0.3, 0.4) is 0 Å². The van der Waals surface area contributed by atoms with Crippen molar-refractivity contribution in [1.29, 1.82) is 0 Å². The van der Waals surface area contributed by atoms with Gasteiger partial charge in [0, 0.05) is 0 Å². The van der Waals surface area contributed by atoms with E-state index < -0.39 is 23.5 Å². The second-order valence-electron chi connectivity index (χ2n) is 5.26. The molecule has 0 heterocycles. The highest BCUT2D eigenvalue weighted by molar-refractivity contribution is 5.93. The molecule has 1 rings (SSSR count). The van der Waals surface area contributed by atoms with E-state index in [0.29, 0.717) is 0 Å². The zero-order valence-electron chi connectivity index (χ0n) is 10.9. The van der Waals surface area contributed by atoms with Gasteiger partial charge in [-0.25, -0.2) is 0 Å². The van der Waals surface area contributed by atoms with Gasteiger partial charge in [0.1, 0.15) is 5.60 Å². The van der Waals surface area contributed by atoms with Crippen LogP contribution in [-0.2, 0) is 14.3 Å². The summed E-state index contributed by atoms with van der Waals surface area (Å²) in [7, 11) is 0. The number of hydrogen-bond donors (Lipinski definition) is 1. The normalized spacial score (nSPS) is 20.9. The average molecular weight is 242 g/mol. The van der Waals surface area contributed by atoms with Crippen LogP contribution < -0.4 is 0 Å². The molecule has 1 unspecified atom stereocenters. The smallest absolute Gasteiger partial charge is 0.320 e. The first-order valence-electron chi connectivity index (χ1n) is 6.35. The predicted molar refractivity (Wildman–Crippen MR) is 63.5 cm³/mol. The molecule has 17 heavy (non-hydrogen) atoms. The van der Waals surface area contributed by atoms with Gasteiger partial charge in [0.25, 0.3) is 0 Å². The Morgan fingerprint density at radius 1 is 1.12 bits per heavy atom. The maximum absolute atomic E-state index is 11.8. The Morgan fingerprint density at radius 3 is 2.06 bits per heavy atom. The van der Waals surface area contributed by atoms with E-state index in [9.17, 15) is 9.59 Å². The van der Waals surface area contributed by atoms with Crippen molar-refractivity contribution in [2.24, 2.45) is 11.8 Å². The molecule has 0 radical (unpaired) electrons. The van der Waals surface area contributed by atoms with Crippen molar-refractivity contribution in [2.75, 3.05) is 0 Å². The zero-order chi connectivity index (χ0) is 13.1. The fraction of sp³-hybridized carbons (Fsp3) is 0.846. The minimum Gasteiger partial charge on any atom is -0.481 e. The summed E-state index contributed by atoms with van der Waals surface area (Å²) in [5.41, 5.74) is -0.445. The summed E-state index contributed by atoms with van der Waals surface area (Å²) in [4.78, 5) is 22.5. The van der Waals surface area contributed by atoms with E-state index in [0.717, 1.165) is 25.7 Å². The first-order valence-corrected chi connectivity index (χ1v) is 6.35. The molecule has 1 fully saturated rings. The lowest BCUT2D eigenvalue weighted by Gasteiger charge is -2.40. The van der Waals surface area contributed by atoms with Crippen LogP contribution >= 0.6 is 0 Å². The molecule has 0 bridgehead atoms. The van der Waals surface area contributed by atoms with Crippen LogP contribution in [0, 0.1) is 11.8 Å². The highest BCUT2D eigenvalue weighted by Gasteiger charge is 2.40. The van der Waals surface area contributed by atoms with E-state index in [2.05, 4.69) is 0 Å². The third kappa shape index (κ3) is 3.20. The molecule has 1 atom stereocenters. The molecule has 1 saturated carbocycles. The lowest BCUT2D eigenvalue weighted by atomic mass is 9.77. The van der Waals surface area contributed by atoms with Crippen molar-refractivity contribution in [3.8, 4) is 0 Å². The van der Waals surface area contributed by atoms with E-state index in [1.807, 2.05) is 13.8 Å². The number of ether oxygens (including phenoxy) is 1. The van der Waals surface area contributed by atoms with E-state index in [-0.39, 0.29) is 5.92 Å². The van der Waals surface area contributed by atoms with E-state index in [1.54, 1.807) is 0 Å². The molecule has 1 N–H and O–H groups in total. The minimum atomic E-state index is -1.12. The molecule has 0 aromatic rings. The van der Waals surface area contributed by atoms with Gasteiger partial charge in [-0.1, -0.05) is 20.3 Å². The number of carbonyl (C=O) groups is 2. The van der Waals surface area contributed by atoms with Gasteiger partial charge < -0.3 is 9.84 Å². The number of carboxylic acid groups (broad SMARTS) is 1. The molecule has 4 heteroatoms. The van der Waals surface area contributed by atoms with Gasteiger partial charge in [0.15, 0.2) is 5.92 Å². The fourth-order valence-electron chi connectivity index (χ4n) is 2.34. The van der Waals surface area contributed by atoms with Gasteiger partial charge in [-0.2, -0.15) is 0 Å². The molecule has 4 nitrogen and oxygen atoms in total. The Bertz CT molecular complexity index is 290. The zero-order valence-corrected chi connectivity index (χ0v) is 10.9. The van der Waals surface area contributed by atoms with Crippen molar-refractivity contribution in [3.05, 3.63) is 0 Å². The van der Waals surface area contributed by atoms with Gasteiger partial charge in [-0.3, -0.25) is 9.59 Å². The van der Waals surface area contributed by atoms with E-state index in [1.165, 1.54) is 13.3 Å². The van der Waals surface area contributed by atoms with Crippen LogP contribution in [0.1, 0.15) is 52.9 Å². The summed E-state index contributed by atoms with van der Waals surface area (Å²) in [6.07, 6.45) is 4.96. The largest absolute Gasteiger partial charge is 0.481 e.